The van der Waals surface area contributed by atoms with E-state index in [-0.39, 0.29) is 0 Å². The predicted octanol–water partition coefficient (Wildman–Crippen LogP) is 4.18. The van der Waals surface area contributed by atoms with Crippen LogP contribution in [0.3, 0.4) is 0 Å². The van der Waals surface area contributed by atoms with Crippen LogP contribution in [0.5, 0.6) is 0 Å². The minimum Gasteiger partial charge on any atom is -0.224 e. The van der Waals surface area contributed by atoms with Crippen LogP contribution in [-0.2, 0) is 0 Å². The molecule has 1 heterocycles. The number of aromatic nitrogens is 1. The molecule has 0 aliphatic carbocycles. The molecule has 0 bridgehead atoms. The quantitative estimate of drug-likeness (QED) is 0.685. The molecule has 2 aromatic rings. The molecule has 0 saturated heterocycles. The van der Waals surface area contributed by atoms with Crippen molar-refractivity contribution in [3.05, 3.63) is 38.5 Å². The molecule has 1 aromatic carbocycles. The van der Waals surface area contributed by atoms with Crippen LogP contribution in [0.4, 0.5) is 0 Å². The molecule has 2 rings (SSSR count). The van der Waals surface area contributed by atoms with Crippen LogP contribution in [0.2, 0.25) is 10.3 Å². The molecule has 0 fully saturated rings. The zero-order valence-electron chi connectivity index (χ0n) is 7.26. The van der Waals surface area contributed by atoms with Crippen molar-refractivity contribution in [3.8, 4) is 6.07 Å². The van der Waals surface area contributed by atoms with Crippen molar-refractivity contribution in [2.45, 2.75) is 0 Å². The van der Waals surface area contributed by atoms with Crippen LogP contribution >= 0.6 is 39.1 Å². The number of fused-ring (bicyclic) bond motifs is 1. The number of benzene rings is 1. The Hall–Kier alpha value is -0.820. The van der Waals surface area contributed by atoms with Gasteiger partial charge in [-0.15, -0.1) is 0 Å². The summed E-state index contributed by atoms with van der Waals surface area (Å²) in [6.07, 6.45) is 0. The molecule has 0 unspecified atom stereocenters. The van der Waals surface area contributed by atoms with E-state index >= 15 is 0 Å². The van der Waals surface area contributed by atoms with Gasteiger partial charge >= 0.3 is 0 Å². The number of nitrogens with zero attached hydrogens (tertiary/aromatic N) is 2. The fourth-order valence-electron chi connectivity index (χ4n) is 1.29. The third-order valence-electron chi connectivity index (χ3n) is 1.96. The van der Waals surface area contributed by atoms with E-state index in [1.54, 1.807) is 18.2 Å². The highest BCUT2D eigenvalue weighted by atomic mass is 79.9. The SMILES string of the molecule is N#Cc1cc2c(Cl)nc(Cl)cc2cc1Br. The standard InChI is InChI=1S/C10H3BrCl2N2/c11-8-2-5-3-9(12)15-10(13)7(5)1-6(8)4-14/h1-3H. The van der Waals surface area contributed by atoms with Crippen LogP contribution in [0.25, 0.3) is 10.8 Å². The Morgan fingerprint density at radius 3 is 2.67 bits per heavy atom. The first-order valence-corrected chi connectivity index (χ1v) is 5.52. The second-order valence-electron chi connectivity index (χ2n) is 2.90. The van der Waals surface area contributed by atoms with E-state index in [4.69, 9.17) is 28.5 Å². The summed E-state index contributed by atoms with van der Waals surface area (Å²) < 4.78 is 0.718. The van der Waals surface area contributed by atoms with Crippen molar-refractivity contribution in [1.29, 1.82) is 5.26 Å². The number of hydrogen-bond acceptors (Lipinski definition) is 2. The van der Waals surface area contributed by atoms with E-state index in [1.165, 1.54) is 0 Å². The van der Waals surface area contributed by atoms with Gasteiger partial charge < -0.3 is 0 Å². The Morgan fingerprint density at radius 2 is 2.00 bits per heavy atom. The molecule has 0 aliphatic heterocycles. The van der Waals surface area contributed by atoms with Gasteiger partial charge in [0.05, 0.1) is 5.56 Å². The molecule has 0 atom stereocenters. The largest absolute Gasteiger partial charge is 0.224 e. The summed E-state index contributed by atoms with van der Waals surface area (Å²) in [5, 5.41) is 11.1. The van der Waals surface area contributed by atoms with Gasteiger partial charge in [0.25, 0.3) is 0 Å². The molecule has 0 amide bonds. The van der Waals surface area contributed by atoms with Crippen molar-refractivity contribution in [1.82, 2.24) is 4.98 Å². The Morgan fingerprint density at radius 1 is 1.27 bits per heavy atom. The minimum absolute atomic E-state index is 0.307. The molecule has 5 heteroatoms. The molecule has 2 nitrogen and oxygen atoms in total. The average Bonchev–Trinajstić information content (AvgIpc) is 2.16. The Kier molecular flexibility index (Phi) is 2.83. The van der Waals surface area contributed by atoms with Gasteiger partial charge in [-0.3, -0.25) is 0 Å². The Labute approximate surface area is 105 Å². The topological polar surface area (TPSA) is 36.7 Å². The number of rotatable bonds is 0. The molecule has 15 heavy (non-hydrogen) atoms. The predicted molar refractivity (Wildman–Crippen MR) is 64.2 cm³/mol. The summed E-state index contributed by atoms with van der Waals surface area (Å²) in [4.78, 5) is 3.91. The van der Waals surface area contributed by atoms with Crippen LogP contribution in [-0.4, -0.2) is 4.98 Å². The maximum atomic E-state index is 8.85. The monoisotopic (exact) mass is 300 g/mol. The van der Waals surface area contributed by atoms with Crippen LogP contribution in [0.1, 0.15) is 5.56 Å². The highest BCUT2D eigenvalue weighted by Crippen LogP contribution is 2.29. The fourth-order valence-corrected chi connectivity index (χ4v) is 2.24. The van der Waals surface area contributed by atoms with Crippen molar-refractivity contribution >= 4 is 49.9 Å². The molecular formula is C10H3BrCl2N2. The second kappa shape index (κ2) is 3.97. The first-order valence-electron chi connectivity index (χ1n) is 3.97. The molecule has 1 aromatic heterocycles. The summed E-state index contributed by atoms with van der Waals surface area (Å²) in [6, 6.07) is 7.25. The van der Waals surface area contributed by atoms with Crippen LogP contribution in [0.15, 0.2) is 22.7 Å². The normalized spacial score (nSPS) is 10.3. The summed E-state index contributed by atoms with van der Waals surface area (Å²) in [5.41, 5.74) is 0.522. The van der Waals surface area contributed by atoms with Crippen LogP contribution < -0.4 is 0 Å². The highest BCUT2D eigenvalue weighted by Gasteiger charge is 2.07. The zero-order valence-corrected chi connectivity index (χ0v) is 10.4. The molecule has 0 spiro atoms. The number of halogens is 3. The van der Waals surface area contributed by atoms with Gasteiger partial charge in [0.2, 0.25) is 0 Å². The van der Waals surface area contributed by atoms with Crippen molar-refractivity contribution < 1.29 is 0 Å². The molecule has 74 valence electrons. The first kappa shape index (κ1) is 10.7. The van der Waals surface area contributed by atoms with E-state index in [1.807, 2.05) is 0 Å². The summed E-state index contributed by atoms with van der Waals surface area (Å²) in [5.74, 6) is 0. The maximum absolute atomic E-state index is 8.85. The maximum Gasteiger partial charge on any atom is 0.138 e. The van der Waals surface area contributed by atoms with E-state index in [0.717, 1.165) is 15.2 Å². The third kappa shape index (κ3) is 1.93. The number of nitriles is 1. The van der Waals surface area contributed by atoms with Crippen molar-refractivity contribution in [2.24, 2.45) is 0 Å². The lowest BCUT2D eigenvalue weighted by molar-refractivity contribution is 1.36. The number of hydrogen-bond donors (Lipinski definition) is 0. The summed E-state index contributed by atoms with van der Waals surface area (Å²) in [7, 11) is 0. The molecule has 0 N–H and O–H groups in total. The van der Waals surface area contributed by atoms with Crippen molar-refractivity contribution in [2.75, 3.05) is 0 Å². The van der Waals surface area contributed by atoms with Gasteiger partial charge in [-0.2, -0.15) is 5.26 Å². The van der Waals surface area contributed by atoms with Crippen molar-refractivity contribution in [3.63, 3.8) is 0 Å². The van der Waals surface area contributed by atoms with E-state index in [9.17, 15) is 0 Å². The lowest BCUT2D eigenvalue weighted by atomic mass is 10.1. The second-order valence-corrected chi connectivity index (χ2v) is 4.50. The smallest absolute Gasteiger partial charge is 0.138 e. The lowest BCUT2D eigenvalue weighted by Crippen LogP contribution is -1.84. The fraction of sp³-hybridized carbons (Fsp3) is 0. The van der Waals surface area contributed by atoms with Gasteiger partial charge in [0, 0.05) is 9.86 Å². The lowest BCUT2D eigenvalue weighted by Gasteiger charge is -2.03. The highest BCUT2D eigenvalue weighted by molar-refractivity contribution is 9.10. The summed E-state index contributed by atoms with van der Waals surface area (Å²) in [6.45, 7) is 0. The van der Waals surface area contributed by atoms with Gasteiger partial charge in [0.15, 0.2) is 0 Å². The average molecular weight is 302 g/mol. The van der Waals surface area contributed by atoms with Gasteiger partial charge in [-0.1, -0.05) is 23.2 Å². The molecule has 0 aliphatic rings. The molecule has 0 saturated carbocycles. The third-order valence-corrected chi connectivity index (χ3v) is 3.10. The van der Waals surface area contributed by atoms with E-state index in [2.05, 4.69) is 27.0 Å². The number of pyridine rings is 1. The van der Waals surface area contributed by atoms with Crippen LogP contribution in [0, 0.1) is 11.3 Å². The minimum atomic E-state index is 0.307. The molecule has 0 radical (unpaired) electrons. The van der Waals surface area contributed by atoms with Gasteiger partial charge in [-0.05, 0) is 39.5 Å². The zero-order chi connectivity index (χ0) is 11.0. The van der Waals surface area contributed by atoms with E-state index in [0.29, 0.717) is 15.9 Å². The Balaban J connectivity index is 2.89. The first-order chi connectivity index (χ1) is 7.11. The molecular weight excluding hydrogens is 299 g/mol. The van der Waals surface area contributed by atoms with E-state index < -0.39 is 0 Å². The summed E-state index contributed by atoms with van der Waals surface area (Å²) >= 11 is 15.0. The Bertz CT molecular complexity index is 590. The van der Waals surface area contributed by atoms with Gasteiger partial charge in [-0.25, -0.2) is 4.98 Å². The van der Waals surface area contributed by atoms with Gasteiger partial charge in [0.1, 0.15) is 16.4 Å².